The topological polar surface area (TPSA) is 44.4 Å². The lowest BCUT2D eigenvalue weighted by Gasteiger charge is -2.08. The molecule has 0 saturated carbocycles. The second kappa shape index (κ2) is 5.14. The van der Waals surface area contributed by atoms with Gasteiger partial charge >= 0.3 is 5.76 Å². The van der Waals surface area contributed by atoms with E-state index in [0.29, 0.717) is 22.4 Å². The van der Waals surface area contributed by atoms with Crippen LogP contribution < -0.4 is 10.5 Å². The summed E-state index contributed by atoms with van der Waals surface area (Å²) in [6.07, 6.45) is 0. The highest BCUT2D eigenvalue weighted by molar-refractivity contribution is 7.71. The number of halogens is 1. The summed E-state index contributed by atoms with van der Waals surface area (Å²) >= 11 is 5.34. The first-order valence-electron chi connectivity index (χ1n) is 6.10. The Morgan fingerprint density at radius 2 is 2.05 bits per heavy atom. The van der Waals surface area contributed by atoms with Gasteiger partial charge in [-0.05, 0) is 36.4 Å². The molecule has 3 rings (SSSR count). The number of fused-ring (bicyclic) bond motifs is 1. The van der Waals surface area contributed by atoms with Crippen LogP contribution in [0.15, 0.2) is 51.7 Å². The molecule has 0 unspecified atom stereocenters. The fourth-order valence-corrected chi connectivity index (χ4v) is 2.41. The Morgan fingerprint density at radius 3 is 2.76 bits per heavy atom. The molecular formula is C15H10FNO3S. The zero-order chi connectivity index (χ0) is 15.0. The van der Waals surface area contributed by atoms with E-state index in [1.807, 2.05) is 0 Å². The summed E-state index contributed by atoms with van der Waals surface area (Å²) in [7, 11) is 1.53. The minimum Gasteiger partial charge on any atom is -0.497 e. The summed E-state index contributed by atoms with van der Waals surface area (Å²) < 4.78 is 25.1. The van der Waals surface area contributed by atoms with Gasteiger partial charge in [0, 0.05) is 0 Å². The smallest absolute Gasteiger partial charge is 0.425 e. The van der Waals surface area contributed by atoms with Gasteiger partial charge in [-0.15, -0.1) is 0 Å². The zero-order valence-corrected chi connectivity index (χ0v) is 11.8. The van der Waals surface area contributed by atoms with Gasteiger partial charge < -0.3 is 9.15 Å². The number of aromatic nitrogens is 1. The van der Waals surface area contributed by atoms with Crippen LogP contribution in [0.3, 0.4) is 0 Å². The van der Waals surface area contributed by atoms with Crippen LogP contribution in [0.1, 0.15) is 0 Å². The van der Waals surface area contributed by atoms with Gasteiger partial charge in [0.15, 0.2) is 0 Å². The zero-order valence-electron chi connectivity index (χ0n) is 11.0. The number of ether oxygens (including phenoxy) is 1. The average molecular weight is 303 g/mol. The molecule has 2 aromatic carbocycles. The van der Waals surface area contributed by atoms with E-state index in [1.165, 1.54) is 25.3 Å². The number of methoxy groups -OCH3 is 1. The number of hydrogen-bond donors (Lipinski definition) is 0. The quantitative estimate of drug-likeness (QED) is 0.680. The molecule has 0 atom stereocenters. The Balaban J connectivity index is 2.38. The van der Waals surface area contributed by atoms with E-state index in [1.54, 1.807) is 24.3 Å². The van der Waals surface area contributed by atoms with Gasteiger partial charge in [0.1, 0.15) is 21.8 Å². The largest absolute Gasteiger partial charge is 0.497 e. The van der Waals surface area contributed by atoms with Crippen molar-refractivity contribution in [2.24, 2.45) is 0 Å². The van der Waals surface area contributed by atoms with E-state index in [0.717, 1.165) is 4.57 Å². The second-order valence-electron chi connectivity index (χ2n) is 4.35. The van der Waals surface area contributed by atoms with E-state index in [2.05, 4.69) is 0 Å². The Kier molecular flexibility index (Phi) is 3.31. The lowest BCUT2D eigenvalue weighted by atomic mass is 10.2. The third-order valence-electron chi connectivity index (χ3n) is 3.07. The lowest BCUT2D eigenvalue weighted by molar-refractivity contribution is 0.414. The van der Waals surface area contributed by atoms with Crippen LogP contribution in [-0.4, -0.2) is 11.7 Å². The highest BCUT2D eigenvalue weighted by Gasteiger charge is 2.10. The van der Waals surface area contributed by atoms with Crippen molar-refractivity contribution in [2.45, 2.75) is 0 Å². The molecule has 21 heavy (non-hydrogen) atoms. The molecule has 0 amide bonds. The van der Waals surface area contributed by atoms with Gasteiger partial charge in [-0.1, -0.05) is 18.3 Å². The average Bonchev–Trinajstić information content (AvgIpc) is 2.47. The van der Waals surface area contributed by atoms with Crippen LogP contribution in [0, 0.1) is 10.5 Å². The molecular weight excluding hydrogens is 293 g/mol. The van der Waals surface area contributed by atoms with Gasteiger partial charge in [0.05, 0.1) is 18.2 Å². The molecule has 3 aromatic rings. The van der Waals surface area contributed by atoms with E-state index >= 15 is 0 Å². The summed E-state index contributed by atoms with van der Waals surface area (Å²) in [6, 6.07) is 10.6. The number of hydrogen-bond acceptors (Lipinski definition) is 4. The minimum atomic E-state index is -0.664. The van der Waals surface area contributed by atoms with Gasteiger partial charge in [-0.3, -0.25) is 0 Å². The van der Waals surface area contributed by atoms with Crippen molar-refractivity contribution in [3.8, 4) is 11.4 Å². The SMILES string of the molecule is COc1ccc2oc(=O)n(-c3cccc(F)c3)c(=S)c2c1. The highest BCUT2D eigenvalue weighted by Crippen LogP contribution is 2.22. The molecule has 1 aromatic heterocycles. The summed E-state index contributed by atoms with van der Waals surface area (Å²) in [5.41, 5.74) is 0.678. The van der Waals surface area contributed by atoms with Crippen molar-refractivity contribution in [3.63, 3.8) is 0 Å². The molecule has 6 heteroatoms. The number of rotatable bonds is 2. The normalized spacial score (nSPS) is 10.8. The van der Waals surface area contributed by atoms with Gasteiger partial charge in [-0.25, -0.2) is 13.8 Å². The molecule has 0 bridgehead atoms. The fraction of sp³-hybridized carbons (Fsp3) is 0.0667. The van der Waals surface area contributed by atoms with E-state index in [9.17, 15) is 9.18 Å². The first kappa shape index (κ1) is 13.5. The Hall–Kier alpha value is -2.47. The van der Waals surface area contributed by atoms with Crippen LogP contribution in [0.2, 0.25) is 0 Å². The molecule has 0 spiro atoms. The van der Waals surface area contributed by atoms with E-state index in [4.69, 9.17) is 21.4 Å². The summed E-state index contributed by atoms with van der Waals surface area (Å²) in [5.74, 6) is -0.531. The first-order chi connectivity index (χ1) is 10.1. The van der Waals surface area contributed by atoms with Crippen LogP contribution in [0.5, 0.6) is 5.75 Å². The minimum absolute atomic E-state index is 0.241. The molecule has 0 aliphatic heterocycles. The predicted molar refractivity (Wildman–Crippen MR) is 79.2 cm³/mol. The third kappa shape index (κ3) is 2.34. The highest BCUT2D eigenvalue weighted by atomic mass is 32.1. The molecule has 0 saturated heterocycles. The van der Waals surface area contributed by atoms with E-state index < -0.39 is 11.6 Å². The monoisotopic (exact) mass is 303 g/mol. The summed E-state index contributed by atoms with van der Waals surface area (Å²) in [5, 5.41) is 0.549. The van der Waals surface area contributed by atoms with Crippen molar-refractivity contribution in [1.29, 1.82) is 0 Å². The van der Waals surface area contributed by atoms with Gasteiger partial charge in [-0.2, -0.15) is 0 Å². The van der Waals surface area contributed by atoms with Gasteiger partial charge in [0.2, 0.25) is 0 Å². The van der Waals surface area contributed by atoms with Crippen LogP contribution in [0.25, 0.3) is 16.7 Å². The maximum absolute atomic E-state index is 13.3. The van der Waals surface area contributed by atoms with Crippen LogP contribution in [-0.2, 0) is 0 Å². The molecule has 0 aliphatic rings. The third-order valence-corrected chi connectivity index (χ3v) is 3.47. The molecule has 4 nitrogen and oxygen atoms in total. The molecule has 0 radical (unpaired) electrons. The summed E-state index contributed by atoms with van der Waals surface area (Å²) in [6.45, 7) is 0. The number of benzene rings is 2. The maximum Gasteiger partial charge on any atom is 0.425 e. The maximum atomic E-state index is 13.3. The first-order valence-corrected chi connectivity index (χ1v) is 6.51. The van der Waals surface area contributed by atoms with Crippen LogP contribution >= 0.6 is 12.2 Å². The van der Waals surface area contributed by atoms with Crippen molar-refractivity contribution in [1.82, 2.24) is 4.57 Å². The van der Waals surface area contributed by atoms with Crippen molar-refractivity contribution in [2.75, 3.05) is 7.11 Å². The van der Waals surface area contributed by atoms with Crippen molar-refractivity contribution < 1.29 is 13.5 Å². The second-order valence-corrected chi connectivity index (χ2v) is 4.74. The lowest BCUT2D eigenvalue weighted by Crippen LogP contribution is -2.18. The fourth-order valence-electron chi connectivity index (χ4n) is 2.07. The molecule has 0 N–H and O–H groups in total. The molecule has 106 valence electrons. The molecule has 1 heterocycles. The molecule has 0 fully saturated rings. The van der Waals surface area contributed by atoms with Crippen LogP contribution in [0.4, 0.5) is 4.39 Å². The Bertz CT molecular complexity index is 946. The van der Waals surface area contributed by atoms with Crippen molar-refractivity contribution >= 4 is 23.2 Å². The number of nitrogens with zero attached hydrogens (tertiary/aromatic N) is 1. The Morgan fingerprint density at radius 1 is 1.24 bits per heavy atom. The van der Waals surface area contributed by atoms with Gasteiger partial charge in [0.25, 0.3) is 0 Å². The van der Waals surface area contributed by atoms with E-state index in [-0.39, 0.29) is 4.64 Å². The predicted octanol–water partition coefficient (Wildman–Crippen LogP) is 3.46. The standard InChI is InChI=1S/C15H10FNO3S/c1-19-11-5-6-13-12(8-11)14(21)17(15(18)20-13)10-4-2-3-9(16)7-10/h2-8H,1H3. The molecule has 0 aliphatic carbocycles. The van der Waals surface area contributed by atoms with Crippen molar-refractivity contribution in [3.05, 3.63) is 63.5 Å². The summed E-state index contributed by atoms with van der Waals surface area (Å²) in [4.78, 5) is 12.1. The Labute approximate surface area is 124 Å².